The summed E-state index contributed by atoms with van der Waals surface area (Å²) in [6.07, 6.45) is -4.53. The topological polar surface area (TPSA) is 51.0 Å². The predicted molar refractivity (Wildman–Crippen MR) is 88.5 cm³/mol. The van der Waals surface area contributed by atoms with Crippen molar-refractivity contribution in [2.24, 2.45) is 0 Å². The first-order chi connectivity index (χ1) is 11.8. The van der Waals surface area contributed by atoms with Gasteiger partial charge in [0.2, 0.25) is 11.8 Å². The molecule has 0 aliphatic rings. The van der Waals surface area contributed by atoms with E-state index in [1.807, 2.05) is 0 Å². The highest BCUT2D eigenvalue weighted by molar-refractivity contribution is 6.31. The molecule has 0 bridgehead atoms. The number of nitrogens with zero attached hydrogens (tertiary/aromatic N) is 2. The highest BCUT2D eigenvalue weighted by atomic mass is 35.5. The summed E-state index contributed by atoms with van der Waals surface area (Å²) < 4.78 is 44.0. The van der Waals surface area contributed by atoms with E-state index in [1.165, 1.54) is 12.1 Å². The molecule has 2 aromatic carbocycles. The van der Waals surface area contributed by atoms with Crippen molar-refractivity contribution >= 4 is 28.9 Å². The Bertz CT molecular complexity index is 879. The molecule has 0 spiro atoms. The van der Waals surface area contributed by atoms with Gasteiger partial charge in [-0.25, -0.2) is 0 Å². The lowest BCUT2D eigenvalue weighted by Crippen LogP contribution is -2.07. The Balaban J connectivity index is 1.71. The molecule has 3 aromatic rings. The van der Waals surface area contributed by atoms with Gasteiger partial charge in [0.15, 0.2) is 0 Å². The van der Waals surface area contributed by atoms with Crippen LogP contribution in [0.4, 0.5) is 18.9 Å². The Morgan fingerprint density at radius 3 is 2.40 bits per heavy atom. The maximum absolute atomic E-state index is 12.8. The van der Waals surface area contributed by atoms with E-state index >= 15 is 0 Å². The normalized spacial score (nSPS) is 11.6. The van der Waals surface area contributed by atoms with E-state index in [0.29, 0.717) is 16.5 Å². The largest absolute Gasteiger partial charge is 0.419 e. The molecule has 0 aliphatic heterocycles. The van der Waals surface area contributed by atoms with Crippen LogP contribution in [0.2, 0.25) is 10.0 Å². The van der Waals surface area contributed by atoms with Gasteiger partial charge in [-0.05, 0) is 42.5 Å². The van der Waals surface area contributed by atoms with Crippen molar-refractivity contribution in [3.8, 4) is 11.5 Å². The number of halogens is 5. The van der Waals surface area contributed by atoms with Crippen LogP contribution in [0.15, 0.2) is 46.9 Å². The summed E-state index contributed by atoms with van der Waals surface area (Å²) >= 11 is 11.4. The SMILES string of the molecule is FC(F)(F)c1cc(NCc2nnc(-c3ccc(Cl)cc3)o2)ccc1Cl. The van der Waals surface area contributed by atoms with Crippen molar-refractivity contribution in [2.75, 3.05) is 5.32 Å². The zero-order valence-electron chi connectivity index (χ0n) is 12.4. The molecule has 0 saturated heterocycles. The van der Waals surface area contributed by atoms with E-state index in [-0.39, 0.29) is 23.1 Å². The van der Waals surface area contributed by atoms with E-state index in [2.05, 4.69) is 15.5 Å². The standard InChI is InChI=1S/C16H10Cl2F3N3O/c17-10-3-1-9(2-4-10)15-24-23-14(25-15)8-22-11-5-6-13(18)12(7-11)16(19,20)21/h1-7,22H,8H2. The maximum Gasteiger partial charge on any atom is 0.417 e. The molecule has 0 fully saturated rings. The van der Waals surface area contributed by atoms with Crippen LogP contribution in [-0.4, -0.2) is 10.2 Å². The predicted octanol–water partition coefficient (Wildman–Crippen LogP) is 5.67. The van der Waals surface area contributed by atoms with Crippen molar-refractivity contribution in [1.29, 1.82) is 0 Å². The van der Waals surface area contributed by atoms with Crippen LogP contribution >= 0.6 is 23.2 Å². The van der Waals surface area contributed by atoms with Gasteiger partial charge in [-0.1, -0.05) is 23.2 Å². The number of hydrogen-bond donors (Lipinski definition) is 1. The van der Waals surface area contributed by atoms with Gasteiger partial charge in [0, 0.05) is 16.3 Å². The van der Waals surface area contributed by atoms with Gasteiger partial charge in [0.1, 0.15) is 0 Å². The summed E-state index contributed by atoms with van der Waals surface area (Å²) in [4.78, 5) is 0. The molecular weight excluding hydrogens is 378 g/mol. The number of nitrogens with one attached hydrogen (secondary N) is 1. The second-order valence-corrected chi connectivity index (χ2v) is 5.90. The third-order valence-corrected chi connectivity index (χ3v) is 3.86. The molecule has 130 valence electrons. The van der Waals surface area contributed by atoms with Crippen LogP contribution < -0.4 is 5.32 Å². The van der Waals surface area contributed by atoms with E-state index in [1.54, 1.807) is 24.3 Å². The summed E-state index contributed by atoms with van der Waals surface area (Å²) in [5.41, 5.74) is 0.0171. The fraction of sp³-hybridized carbons (Fsp3) is 0.125. The van der Waals surface area contributed by atoms with Gasteiger partial charge in [0.25, 0.3) is 0 Å². The summed E-state index contributed by atoms with van der Waals surface area (Å²) in [6, 6.07) is 10.4. The smallest absolute Gasteiger partial charge is 0.417 e. The lowest BCUT2D eigenvalue weighted by molar-refractivity contribution is -0.137. The Hall–Kier alpha value is -2.25. The average molecular weight is 388 g/mol. The summed E-state index contributed by atoms with van der Waals surface area (Å²) in [5.74, 6) is 0.522. The molecular formula is C16H10Cl2F3N3O. The van der Waals surface area contributed by atoms with Crippen molar-refractivity contribution in [1.82, 2.24) is 10.2 Å². The van der Waals surface area contributed by atoms with Gasteiger partial charge in [-0.3, -0.25) is 0 Å². The third-order valence-electron chi connectivity index (χ3n) is 3.27. The van der Waals surface area contributed by atoms with Gasteiger partial charge < -0.3 is 9.73 Å². The lowest BCUT2D eigenvalue weighted by atomic mass is 10.2. The second kappa shape index (κ2) is 6.93. The van der Waals surface area contributed by atoms with Crippen LogP contribution in [-0.2, 0) is 12.7 Å². The van der Waals surface area contributed by atoms with Crippen molar-refractivity contribution < 1.29 is 17.6 Å². The van der Waals surface area contributed by atoms with Crippen LogP contribution in [0, 0.1) is 0 Å². The minimum atomic E-state index is -4.53. The van der Waals surface area contributed by atoms with E-state index in [4.69, 9.17) is 27.6 Å². The molecule has 0 atom stereocenters. The van der Waals surface area contributed by atoms with Gasteiger partial charge in [-0.15, -0.1) is 10.2 Å². The Morgan fingerprint density at radius 1 is 1.00 bits per heavy atom. The molecule has 1 N–H and O–H groups in total. The summed E-state index contributed by atoms with van der Waals surface area (Å²) in [6.45, 7) is 0.0690. The van der Waals surface area contributed by atoms with Gasteiger partial charge in [0.05, 0.1) is 17.1 Å². The second-order valence-electron chi connectivity index (χ2n) is 5.05. The molecule has 0 radical (unpaired) electrons. The number of hydrogen-bond acceptors (Lipinski definition) is 4. The summed E-state index contributed by atoms with van der Waals surface area (Å²) in [5, 5.41) is 10.8. The maximum atomic E-state index is 12.8. The number of alkyl halides is 3. The molecule has 25 heavy (non-hydrogen) atoms. The van der Waals surface area contributed by atoms with Gasteiger partial charge in [-0.2, -0.15) is 13.2 Å². The Kier molecular flexibility index (Phi) is 4.87. The number of benzene rings is 2. The van der Waals surface area contributed by atoms with E-state index in [9.17, 15) is 13.2 Å². The molecule has 9 heteroatoms. The molecule has 4 nitrogen and oxygen atoms in total. The average Bonchev–Trinajstić information content (AvgIpc) is 3.02. The van der Waals surface area contributed by atoms with Gasteiger partial charge >= 0.3 is 6.18 Å². The van der Waals surface area contributed by atoms with Crippen LogP contribution in [0.5, 0.6) is 0 Å². The van der Waals surface area contributed by atoms with Crippen molar-refractivity contribution in [2.45, 2.75) is 12.7 Å². The molecule has 0 unspecified atom stereocenters. The zero-order chi connectivity index (χ0) is 18.0. The van der Waals surface area contributed by atoms with E-state index in [0.717, 1.165) is 6.07 Å². The van der Waals surface area contributed by atoms with E-state index < -0.39 is 11.7 Å². The fourth-order valence-corrected chi connectivity index (χ4v) is 2.41. The first-order valence-electron chi connectivity index (χ1n) is 7.02. The Morgan fingerprint density at radius 2 is 1.72 bits per heavy atom. The molecule has 1 heterocycles. The third kappa shape index (κ3) is 4.24. The molecule has 1 aromatic heterocycles. The first-order valence-corrected chi connectivity index (χ1v) is 7.77. The van der Waals surface area contributed by atoms with Crippen molar-refractivity contribution in [3.05, 3.63) is 64.0 Å². The molecule has 0 aliphatic carbocycles. The fourth-order valence-electron chi connectivity index (χ4n) is 2.06. The summed E-state index contributed by atoms with van der Waals surface area (Å²) in [7, 11) is 0. The van der Waals surface area contributed by atoms with Crippen LogP contribution in [0.1, 0.15) is 11.5 Å². The number of aromatic nitrogens is 2. The Labute approximate surface area is 150 Å². The highest BCUT2D eigenvalue weighted by Crippen LogP contribution is 2.36. The zero-order valence-corrected chi connectivity index (χ0v) is 14.0. The van der Waals surface area contributed by atoms with Crippen LogP contribution in [0.3, 0.4) is 0 Å². The molecule has 0 amide bonds. The minimum absolute atomic E-state index is 0.0690. The molecule has 0 saturated carbocycles. The lowest BCUT2D eigenvalue weighted by Gasteiger charge is -2.11. The van der Waals surface area contributed by atoms with Crippen LogP contribution in [0.25, 0.3) is 11.5 Å². The minimum Gasteiger partial charge on any atom is -0.419 e. The number of rotatable bonds is 4. The first kappa shape index (κ1) is 17.6. The van der Waals surface area contributed by atoms with Crippen molar-refractivity contribution in [3.63, 3.8) is 0 Å². The number of anilines is 1. The highest BCUT2D eigenvalue weighted by Gasteiger charge is 2.33. The molecule has 3 rings (SSSR count). The quantitative estimate of drug-likeness (QED) is 0.625. The monoisotopic (exact) mass is 387 g/mol.